The molecule has 2 heterocycles. The molecule has 2 atom stereocenters. The first kappa shape index (κ1) is 14.0. The molecule has 1 saturated heterocycles. The van der Waals surface area contributed by atoms with Gasteiger partial charge >= 0.3 is 0 Å². The molecule has 1 aliphatic heterocycles. The summed E-state index contributed by atoms with van der Waals surface area (Å²) in [6, 6.07) is 1.96. The smallest absolute Gasteiger partial charge is 0.162 e. The number of methoxy groups -OCH3 is 1. The van der Waals surface area contributed by atoms with Crippen LogP contribution in [0.4, 0.5) is 0 Å². The SMILES string of the molecule is COCc1cc(CN2CCC3(O)CCCCC3C2)no1. The van der Waals surface area contributed by atoms with E-state index in [9.17, 15) is 5.11 Å². The van der Waals surface area contributed by atoms with Crippen molar-refractivity contribution in [3.8, 4) is 0 Å². The Labute approximate surface area is 119 Å². The van der Waals surface area contributed by atoms with Gasteiger partial charge in [-0.05, 0) is 19.3 Å². The van der Waals surface area contributed by atoms with Crippen molar-refractivity contribution in [3.05, 3.63) is 17.5 Å². The van der Waals surface area contributed by atoms with Gasteiger partial charge in [0.15, 0.2) is 5.76 Å². The summed E-state index contributed by atoms with van der Waals surface area (Å²) in [6.45, 7) is 3.19. The van der Waals surface area contributed by atoms with Gasteiger partial charge in [-0.25, -0.2) is 0 Å². The van der Waals surface area contributed by atoms with Crippen LogP contribution in [0.2, 0.25) is 0 Å². The van der Waals surface area contributed by atoms with Crippen molar-refractivity contribution in [2.45, 2.75) is 50.9 Å². The van der Waals surface area contributed by atoms with Gasteiger partial charge < -0.3 is 14.4 Å². The molecule has 3 rings (SSSR count). The standard InChI is InChI=1S/C15H24N2O3/c1-19-11-14-8-13(16-20-14)10-17-7-6-15(18)5-3-2-4-12(15)9-17/h8,12,18H,2-7,9-11H2,1H3. The molecule has 1 aromatic heterocycles. The van der Waals surface area contributed by atoms with E-state index in [-0.39, 0.29) is 0 Å². The van der Waals surface area contributed by atoms with Gasteiger partial charge in [0.2, 0.25) is 0 Å². The summed E-state index contributed by atoms with van der Waals surface area (Å²) >= 11 is 0. The number of piperidine rings is 1. The van der Waals surface area contributed by atoms with Gasteiger partial charge in [0, 0.05) is 38.7 Å². The van der Waals surface area contributed by atoms with Gasteiger partial charge in [0.25, 0.3) is 0 Å². The highest BCUT2D eigenvalue weighted by molar-refractivity contribution is 5.05. The van der Waals surface area contributed by atoms with Crippen molar-refractivity contribution in [1.29, 1.82) is 0 Å². The first-order chi connectivity index (χ1) is 9.69. The van der Waals surface area contributed by atoms with E-state index in [0.717, 1.165) is 50.4 Å². The zero-order chi connectivity index (χ0) is 14.0. The number of nitrogens with zero attached hydrogens (tertiary/aromatic N) is 2. The van der Waals surface area contributed by atoms with E-state index in [1.165, 1.54) is 12.8 Å². The summed E-state index contributed by atoms with van der Waals surface area (Å²) in [7, 11) is 1.65. The maximum atomic E-state index is 10.7. The third-order valence-corrected chi connectivity index (χ3v) is 4.79. The minimum absolute atomic E-state index is 0.403. The number of hydrogen-bond acceptors (Lipinski definition) is 5. The molecule has 5 nitrogen and oxygen atoms in total. The number of aromatic nitrogens is 1. The predicted molar refractivity (Wildman–Crippen MR) is 74.0 cm³/mol. The van der Waals surface area contributed by atoms with Crippen LogP contribution < -0.4 is 0 Å². The second-order valence-corrected chi connectivity index (χ2v) is 6.25. The summed E-state index contributed by atoms with van der Waals surface area (Å²) in [4.78, 5) is 2.39. The van der Waals surface area contributed by atoms with Crippen LogP contribution >= 0.6 is 0 Å². The van der Waals surface area contributed by atoms with Gasteiger partial charge in [0.1, 0.15) is 6.61 Å². The molecular weight excluding hydrogens is 256 g/mol. The van der Waals surface area contributed by atoms with E-state index in [2.05, 4.69) is 10.1 Å². The summed E-state index contributed by atoms with van der Waals surface area (Å²) in [6.07, 6.45) is 5.45. The molecule has 1 aromatic rings. The van der Waals surface area contributed by atoms with Crippen molar-refractivity contribution in [1.82, 2.24) is 10.1 Å². The Morgan fingerprint density at radius 1 is 1.50 bits per heavy atom. The molecule has 2 fully saturated rings. The second-order valence-electron chi connectivity index (χ2n) is 6.25. The zero-order valence-corrected chi connectivity index (χ0v) is 12.2. The normalized spacial score (nSPS) is 31.2. The zero-order valence-electron chi connectivity index (χ0n) is 12.2. The van der Waals surface area contributed by atoms with Crippen LogP contribution in [0.25, 0.3) is 0 Å². The first-order valence-electron chi connectivity index (χ1n) is 7.58. The first-order valence-corrected chi connectivity index (χ1v) is 7.58. The van der Waals surface area contributed by atoms with Gasteiger partial charge in [-0.2, -0.15) is 0 Å². The lowest BCUT2D eigenvalue weighted by molar-refractivity contribution is -0.0970. The average Bonchev–Trinajstić information content (AvgIpc) is 2.87. The van der Waals surface area contributed by atoms with Crippen LogP contribution in [-0.4, -0.2) is 41.0 Å². The van der Waals surface area contributed by atoms with Crippen molar-refractivity contribution in [2.75, 3.05) is 20.2 Å². The van der Waals surface area contributed by atoms with Gasteiger partial charge in [-0.15, -0.1) is 0 Å². The lowest BCUT2D eigenvalue weighted by Crippen LogP contribution is -2.52. The minimum Gasteiger partial charge on any atom is -0.390 e. The van der Waals surface area contributed by atoms with Crippen LogP contribution in [-0.2, 0) is 17.9 Å². The maximum Gasteiger partial charge on any atom is 0.162 e. The Kier molecular flexibility index (Phi) is 4.10. The largest absolute Gasteiger partial charge is 0.390 e. The maximum absolute atomic E-state index is 10.7. The van der Waals surface area contributed by atoms with Crippen molar-refractivity contribution >= 4 is 0 Å². The summed E-state index contributed by atoms with van der Waals surface area (Å²) in [5.74, 6) is 1.20. The molecule has 0 amide bonds. The van der Waals surface area contributed by atoms with Crippen molar-refractivity contribution in [2.24, 2.45) is 5.92 Å². The lowest BCUT2D eigenvalue weighted by Gasteiger charge is -2.47. The lowest BCUT2D eigenvalue weighted by atomic mass is 9.71. The number of ether oxygens (including phenoxy) is 1. The van der Waals surface area contributed by atoms with Crippen molar-refractivity contribution < 1.29 is 14.4 Å². The summed E-state index contributed by atoms with van der Waals surface area (Å²) < 4.78 is 10.3. The van der Waals surface area contributed by atoms with Crippen molar-refractivity contribution in [3.63, 3.8) is 0 Å². The highest BCUT2D eigenvalue weighted by Crippen LogP contribution is 2.39. The Morgan fingerprint density at radius 2 is 2.40 bits per heavy atom. The monoisotopic (exact) mass is 280 g/mol. The molecule has 0 spiro atoms. The molecule has 1 N–H and O–H groups in total. The minimum atomic E-state index is -0.403. The quantitative estimate of drug-likeness (QED) is 0.913. The van der Waals surface area contributed by atoms with Crippen LogP contribution in [0.15, 0.2) is 10.6 Å². The van der Waals surface area contributed by atoms with Crippen LogP contribution in [0.3, 0.4) is 0 Å². The summed E-state index contributed by atoms with van der Waals surface area (Å²) in [5.41, 5.74) is 0.554. The second kappa shape index (κ2) is 5.84. The average molecular weight is 280 g/mol. The molecule has 2 unspecified atom stereocenters. The number of hydrogen-bond donors (Lipinski definition) is 1. The third-order valence-electron chi connectivity index (χ3n) is 4.79. The Bertz CT molecular complexity index is 448. The molecule has 20 heavy (non-hydrogen) atoms. The molecule has 0 radical (unpaired) electrons. The molecule has 0 aromatic carbocycles. The van der Waals surface area contributed by atoms with E-state index >= 15 is 0 Å². The molecule has 2 aliphatic rings. The highest BCUT2D eigenvalue weighted by atomic mass is 16.5. The van der Waals surface area contributed by atoms with Gasteiger partial charge in [-0.3, -0.25) is 4.90 Å². The molecule has 0 bridgehead atoms. The van der Waals surface area contributed by atoms with Crippen LogP contribution in [0.5, 0.6) is 0 Å². The van der Waals surface area contributed by atoms with E-state index in [1.807, 2.05) is 6.07 Å². The molecule has 1 aliphatic carbocycles. The number of rotatable bonds is 4. The fraction of sp³-hybridized carbons (Fsp3) is 0.800. The molecular formula is C15H24N2O3. The number of aliphatic hydroxyl groups is 1. The fourth-order valence-corrected chi connectivity index (χ4v) is 3.65. The highest BCUT2D eigenvalue weighted by Gasteiger charge is 2.42. The van der Waals surface area contributed by atoms with Gasteiger partial charge in [-0.1, -0.05) is 18.0 Å². The fourth-order valence-electron chi connectivity index (χ4n) is 3.65. The third kappa shape index (κ3) is 2.90. The van der Waals surface area contributed by atoms with E-state index in [4.69, 9.17) is 9.26 Å². The van der Waals surface area contributed by atoms with E-state index < -0.39 is 5.60 Å². The van der Waals surface area contributed by atoms with E-state index in [0.29, 0.717) is 12.5 Å². The number of fused-ring (bicyclic) bond motifs is 1. The van der Waals surface area contributed by atoms with Gasteiger partial charge in [0.05, 0.1) is 11.3 Å². The Morgan fingerprint density at radius 3 is 3.25 bits per heavy atom. The van der Waals surface area contributed by atoms with E-state index in [1.54, 1.807) is 7.11 Å². The topological polar surface area (TPSA) is 58.7 Å². The Hall–Kier alpha value is -0.910. The Balaban J connectivity index is 1.58. The van der Waals surface area contributed by atoms with Crippen LogP contribution in [0.1, 0.15) is 43.6 Å². The molecule has 5 heteroatoms. The van der Waals surface area contributed by atoms with Crippen LogP contribution in [0, 0.1) is 5.92 Å². The summed E-state index contributed by atoms with van der Waals surface area (Å²) in [5, 5.41) is 14.8. The molecule has 1 saturated carbocycles. The number of likely N-dealkylation sites (tertiary alicyclic amines) is 1. The predicted octanol–water partition coefficient (Wildman–Crippen LogP) is 1.95. The molecule has 112 valence electrons.